The van der Waals surface area contributed by atoms with Crippen molar-refractivity contribution in [3.8, 4) is 17.3 Å². The maximum absolute atomic E-state index is 11.8. The third-order valence-corrected chi connectivity index (χ3v) is 7.17. The summed E-state index contributed by atoms with van der Waals surface area (Å²) in [5, 5.41) is 13.5. The van der Waals surface area contributed by atoms with Gasteiger partial charge in [-0.3, -0.25) is 0 Å². The van der Waals surface area contributed by atoms with Crippen molar-refractivity contribution >= 4 is 39.7 Å². The number of aromatic nitrogens is 3. The Labute approximate surface area is 213 Å². The SMILES string of the molecule is COc1cc(C(=O)O)cc2nc(-c3cc4cccc5c4n3CCN5CCCOC(=O)NC3CC3)n(C)c12. The smallest absolute Gasteiger partial charge is 0.407 e. The summed E-state index contributed by atoms with van der Waals surface area (Å²) in [4.78, 5) is 30.6. The second-order valence-electron chi connectivity index (χ2n) is 9.64. The molecular weight excluding hydrogens is 474 g/mol. The van der Waals surface area contributed by atoms with E-state index in [-0.39, 0.29) is 11.7 Å². The van der Waals surface area contributed by atoms with Crippen LogP contribution in [0.3, 0.4) is 0 Å². The Balaban J connectivity index is 1.30. The number of fused-ring (bicyclic) bond motifs is 1. The van der Waals surface area contributed by atoms with Crippen molar-refractivity contribution in [2.24, 2.45) is 7.05 Å². The number of alkyl carbamates (subject to hydrolysis) is 1. The van der Waals surface area contributed by atoms with E-state index in [1.54, 1.807) is 6.07 Å². The summed E-state index contributed by atoms with van der Waals surface area (Å²) in [5.41, 5.74) is 4.73. The standard InChI is InChI=1S/C27H29N5O5/c1-30-24-19(13-17(26(33)34)15-22(24)36-2)29-25(30)21-14-16-5-3-6-20-23(16)32(21)11-10-31(20)9-4-12-37-27(35)28-18-7-8-18/h3,5-6,13-15,18H,4,7-12H2,1-2H3,(H,28,35)(H,33,34). The number of carbonyl (C=O) groups is 2. The Morgan fingerprint density at radius 1 is 1.16 bits per heavy atom. The number of aryl methyl sites for hydroxylation is 1. The molecule has 10 nitrogen and oxygen atoms in total. The van der Waals surface area contributed by atoms with Gasteiger partial charge >= 0.3 is 12.1 Å². The number of hydrogen-bond acceptors (Lipinski definition) is 6. The minimum Gasteiger partial charge on any atom is -0.494 e. The van der Waals surface area contributed by atoms with Crippen LogP contribution in [0.1, 0.15) is 29.6 Å². The molecule has 1 aliphatic heterocycles. The number of carbonyl (C=O) groups excluding carboxylic acids is 1. The first kappa shape index (κ1) is 23.2. The second kappa shape index (κ2) is 9.02. The average molecular weight is 504 g/mol. The van der Waals surface area contributed by atoms with Crippen LogP contribution in [0, 0.1) is 0 Å². The molecule has 0 radical (unpaired) electrons. The minimum absolute atomic E-state index is 0.141. The Morgan fingerprint density at radius 2 is 2.00 bits per heavy atom. The lowest BCUT2D eigenvalue weighted by atomic mass is 10.1. The molecule has 0 atom stereocenters. The van der Waals surface area contributed by atoms with Crippen LogP contribution < -0.4 is 15.0 Å². The van der Waals surface area contributed by atoms with Crippen molar-refractivity contribution in [1.29, 1.82) is 0 Å². The summed E-state index contributed by atoms with van der Waals surface area (Å²) >= 11 is 0. The highest BCUT2D eigenvalue weighted by Crippen LogP contribution is 2.38. The van der Waals surface area contributed by atoms with Crippen molar-refractivity contribution < 1.29 is 24.2 Å². The highest BCUT2D eigenvalue weighted by atomic mass is 16.5. The fourth-order valence-corrected chi connectivity index (χ4v) is 5.23. The number of nitrogens with one attached hydrogen (secondary N) is 1. The van der Waals surface area contributed by atoms with Gasteiger partial charge in [-0.2, -0.15) is 0 Å². The van der Waals surface area contributed by atoms with Crippen molar-refractivity contribution in [3.05, 3.63) is 42.0 Å². The molecule has 10 heteroatoms. The molecule has 2 N–H and O–H groups in total. The van der Waals surface area contributed by atoms with Crippen LogP contribution in [-0.2, 0) is 18.3 Å². The van der Waals surface area contributed by atoms with Gasteiger partial charge in [0.2, 0.25) is 0 Å². The molecule has 0 bridgehead atoms. The molecule has 37 heavy (non-hydrogen) atoms. The Hall–Kier alpha value is -4.21. The summed E-state index contributed by atoms with van der Waals surface area (Å²) in [5.74, 6) is 0.210. The largest absolute Gasteiger partial charge is 0.494 e. The lowest BCUT2D eigenvalue weighted by Crippen LogP contribution is -2.33. The monoisotopic (exact) mass is 503 g/mol. The van der Waals surface area contributed by atoms with Crippen LogP contribution in [0.5, 0.6) is 5.75 Å². The molecule has 192 valence electrons. The zero-order valence-corrected chi connectivity index (χ0v) is 20.9. The Bertz CT molecular complexity index is 1530. The molecule has 1 aliphatic carbocycles. The number of anilines is 1. The summed E-state index contributed by atoms with van der Waals surface area (Å²) in [6, 6.07) is 11.8. The molecule has 4 aromatic rings. The number of nitrogens with zero attached hydrogens (tertiary/aromatic N) is 4. The number of aromatic carboxylic acids is 1. The molecule has 0 unspecified atom stereocenters. The number of benzene rings is 2. The van der Waals surface area contributed by atoms with Crippen LogP contribution in [0.4, 0.5) is 10.5 Å². The van der Waals surface area contributed by atoms with Gasteiger partial charge in [-0.1, -0.05) is 12.1 Å². The van der Waals surface area contributed by atoms with Crippen LogP contribution in [0.15, 0.2) is 36.4 Å². The van der Waals surface area contributed by atoms with Crippen molar-refractivity contribution in [3.63, 3.8) is 0 Å². The van der Waals surface area contributed by atoms with Gasteiger partial charge in [0, 0.05) is 38.1 Å². The van der Waals surface area contributed by atoms with Crippen LogP contribution in [-0.4, -0.2) is 64.1 Å². The van der Waals surface area contributed by atoms with Gasteiger partial charge < -0.3 is 33.9 Å². The minimum atomic E-state index is -1.02. The van der Waals surface area contributed by atoms with E-state index < -0.39 is 5.97 Å². The van der Waals surface area contributed by atoms with Gasteiger partial charge in [0.25, 0.3) is 0 Å². The summed E-state index contributed by atoms with van der Waals surface area (Å²) < 4.78 is 15.1. The van der Waals surface area contributed by atoms with E-state index in [9.17, 15) is 14.7 Å². The molecule has 3 heterocycles. The number of imidazole rings is 1. The van der Waals surface area contributed by atoms with E-state index in [0.717, 1.165) is 72.5 Å². The molecule has 1 saturated carbocycles. The van der Waals surface area contributed by atoms with Crippen molar-refractivity contribution in [1.82, 2.24) is 19.4 Å². The maximum Gasteiger partial charge on any atom is 0.407 e. The molecule has 2 aromatic heterocycles. The summed E-state index contributed by atoms with van der Waals surface area (Å²) in [6.45, 7) is 2.77. The van der Waals surface area contributed by atoms with E-state index in [4.69, 9.17) is 14.5 Å². The number of carboxylic acids is 1. The molecule has 1 amide bonds. The lowest BCUT2D eigenvalue weighted by molar-refractivity contribution is 0.0696. The molecule has 0 saturated heterocycles. The van der Waals surface area contributed by atoms with Gasteiger partial charge in [0.1, 0.15) is 11.3 Å². The molecule has 0 spiro atoms. The number of rotatable bonds is 8. The van der Waals surface area contributed by atoms with Gasteiger partial charge in [-0.15, -0.1) is 0 Å². The predicted molar refractivity (Wildman–Crippen MR) is 139 cm³/mol. The molecule has 2 aliphatic rings. The summed E-state index contributed by atoms with van der Waals surface area (Å²) in [6.07, 6.45) is 2.51. The van der Waals surface area contributed by atoms with E-state index in [2.05, 4.69) is 39.0 Å². The Morgan fingerprint density at radius 3 is 2.76 bits per heavy atom. The van der Waals surface area contributed by atoms with Crippen molar-refractivity contribution in [2.45, 2.75) is 31.8 Å². The second-order valence-corrected chi connectivity index (χ2v) is 9.64. The number of para-hydroxylation sites is 1. The van der Waals surface area contributed by atoms with Crippen LogP contribution >= 0.6 is 0 Å². The van der Waals surface area contributed by atoms with E-state index in [0.29, 0.717) is 23.9 Å². The van der Waals surface area contributed by atoms with Crippen LogP contribution in [0.2, 0.25) is 0 Å². The van der Waals surface area contributed by atoms with Gasteiger partial charge in [-0.05, 0) is 43.5 Å². The lowest BCUT2D eigenvalue weighted by Gasteiger charge is -2.31. The first-order valence-corrected chi connectivity index (χ1v) is 12.5. The van der Waals surface area contributed by atoms with E-state index >= 15 is 0 Å². The quantitative estimate of drug-likeness (QED) is 0.350. The number of amides is 1. The van der Waals surface area contributed by atoms with Crippen LogP contribution in [0.25, 0.3) is 33.5 Å². The summed E-state index contributed by atoms with van der Waals surface area (Å²) in [7, 11) is 3.46. The number of hydrogen-bond donors (Lipinski definition) is 2. The van der Waals surface area contributed by atoms with Crippen molar-refractivity contribution in [2.75, 3.05) is 31.7 Å². The fourth-order valence-electron chi connectivity index (χ4n) is 5.23. The third-order valence-electron chi connectivity index (χ3n) is 7.17. The first-order valence-electron chi connectivity index (χ1n) is 12.5. The van der Waals surface area contributed by atoms with Gasteiger partial charge in [-0.25, -0.2) is 14.6 Å². The average Bonchev–Trinajstić information content (AvgIpc) is 3.54. The number of ether oxygens (including phenoxy) is 2. The van der Waals surface area contributed by atoms with Gasteiger partial charge in [0.05, 0.1) is 41.7 Å². The molecule has 1 fully saturated rings. The molecular formula is C27H29N5O5. The zero-order chi connectivity index (χ0) is 25.7. The number of methoxy groups -OCH3 is 1. The van der Waals surface area contributed by atoms with E-state index in [1.165, 1.54) is 13.2 Å². The number of carboxylic acid groups (broad SMARTS) is 1. The topological polar surface area (TPSA) is 111 Å². The Kier molecular flexibility index (Phi) is 5.66. The third kappa shape index (κ3) is 4.12. The highest BCUT2D eigenvalue weighted by Gasteiger charge is 2.26. The highest BCUT2D eigenvalue weighted by molar-refractivity contribution is 5.99. The normalized spacial score (nSPS) is 14.8. The maximum atomic E-state index is 11.8. The first-order chi connectivity index (χ1) is 17.9. The fraction of sp³-hybridized carbons (Fsp3) is 0.370. The molecule has 2 aromatic carbocycles. The zero-order valence-electron chi connectivity index (χ0n) is 20.9. The van der Waals surface area contributed by atoms with Gasteiger partial charge in [0.15, 0.2) is 5.82 Å². The van der Waals surface area contributed by atoms with E-state index in [1.807, 2.05) is 11.6 Å². The predicted octanol–water partition coefficient (Wildman–Crippen LogP) is 4.00. The molecule has 6 rings (SSSR count).